The summed E-state index contributed by atoms with van der Waals surface area (Å²) < 4.78 is 10.7. The molecule has 138 valence electrons. The van der Waals surface area contributed by atoms with E-state index in [2.05, 4.69) is 4.99 Å². The van der Waals surface area contributed by atoms with Gasteiger partial charge < -0.3 is 15.2 Å². The van der Waals surface area contributed by atoms with E-state index in [-0.39, 0.29) is 19.1 Å². The van der Waals surface area contributed by atoms with E-state index in [1.165, 1.54) is 11.8 Å². The molecule has 0 aromatic heterocycles. The number of ether oxygens (including phenoxy) is 2. The van der Waals surface area contributed by atoms with Crippen molar-refractivity contribution in [3.8, 4) is 11.5 Å². The van der Waals surface area contributed by atoms with Crippen LogP contribution in [-0.2, 0) is 16.1 Å². The first kappa shape index (κ1) is 17.4. The molecule has 0 saturated carbocycles. The number of rotatable bonds is 5. The van der Waals surface area contributed by atoms with Gasteiger partial charge in [-0.1, -0.05) is 36.0 Å². The first-order valence-electron chi connectivity index (χ1n) is 8.39. The number of benzene rings is 2. The number of carbonyl (C=O) groups is 2. The molecule has 8 heteroatoms. The summed E-state index contributed by atoms with van der Waals surface area (Å²) in [4.78, 5) is 30.3. The largest absolute Gasteiger partial charge is 0.454 e. The molecule has 7 nitrogen and oxygen atoms in total. The third kappa shape index (κ3) is 3.75. The van der Waals surface area contributed by atoms with Crippen LogP contribution in [0.4, 0.5) is 5.69 Å². The van der Waals surface area contributed by atoms with E-state index in [0.717, 1.165) is 11.3 Å². The number of amidine groups is 1. The Kier molecular flexibility index (Phi) is 4.72. The van der Waals surface area contributed by atoms with Crippen LogP contribution in [0, 0.1) is 0 Å². The Morgan fingerprint density at radius 1 is 1.19 bits per heavy atom. The van der Waals surface area contributed by atoms with Crippen LogP contribution in [0.1, 0.15) is 12.0 Å². The van der Waals surface area contributed by atoms with Crippen molar-refractivity contribution in [1.29, 1.82) is 0 Å². The van der Waals surface area contributed by atoms with Crippen LogP contribution < -0.4 is 15.2 Å². The van der Waals surface area contributed by atoms with Gasteiger partial charge in [-0.3, -0.25) is 14.5 Å². The highest BCUT2D eigenvalue weighted by molar-refractivity contribution is 8.15. The Morgan fingerprint density at radius 3 is 2.74 bits per heavy atom. The Hall–Kier alpha value is -3.00. The highest BCUT2D eigenvalue weighted by Crippen LogP contribution is 2.36. The highest BCUT2D eigenvalue weighted by Gasteiger charge is 2.39. The SMILES string of the molecule is NC(=O)C[C@@H]1SC(=Nc2ccccc2)N(Cc2ccc3c(c2)OCO3)C1=O. The second kappa shape index (κ2) is 7.32. The summed E-state index contributed by atoms with van der Waals surface area (Å²) in [6, 6.07) is 14.9. The van der Waals surface area contributed by atoms with Gasteiger partial charge in [-0.2, -0.15) is 0 Å². The Labute approximate surface area is 160 Å². The zero-order valence-corrected chi connectivity index (χ0v) is 15.1. The number of amides is 2. The van der Waals surface area contributed by atoms with Gasteiger partial charge in [0.2, 0.25) is 18.6 Å². The molecule has 0 unspecified atom stereocenters. The Balaban J connectivity index is 1.62. The molecular formula is C19H17N3O4S. The third-order valence-electron chi connectivity index (χ3n) is 4.17. The third-order valence-corrected chi connectivity index (χ3v) is 5.34. The van der Waals surface area contributed by atoms with Crippen LogP contribution >= 0.6 is 11.8 Å². The summed E-state index contributed by atoms with van der Waals surface area (Å²) >= 11 is 1.26. The second-order valence-corrected chi connectivity index (χ2v) is 7.29. The summed E-state index contributed by atoms with van der Waals surface area (Å²) in [6.07, 6.45) is -0.0189. The van der Waals surface area contributed by atoms with Crippen molar-refractivity contribution in [3.05, 3.63) is 54.1 Å². The molecule has 0 bridgehead atoms. The van der Waals surface area contributed by atoms with E-state index in [0.29, 0.717) is 23.2 Å². The molecule has 0 radical (unpaired) electrons. The van der Waals surface area contributed by atoms with Crippen LogP contribution in [0.15, 0.2) is 53.5 Å². The number of thioether (sulfide) groups is 1. The van der Waals surface area contributed by atoms with Crippen LogP contribution in [0.3, 0.4) is 0 Å². The van der Waals surface area contributed by atoms with E-state index in [1.54, 1.807) is 4.90 Å². The molecule has 2 N–H and O–H groups in total. The standard InChI is InChI=1S/C19H17N3O4S/c20-17(23)9-16-18(24)22(19(27-16)21-13-4-2-1-3-5-13)10-12-6-7-14-15(8-12)26-11-25-14/h1-8,16H,9-11H2,(H2,20,23)/t16-/m0/s1. The molecule has 1 fully saturated rings. The second-order valence-electron chi connectivity index (χ2n) is 6.12. The Bertz CT molecular complexity index is 916. The van der Waals surface area contributed by atoms with Crippen molar-refractivity contribution in [2.75, 3.05) is 6.79 Å². The number of para-hydroxylation sites is 1. The first-order chi connectivity index (χ1) is 13.1. The molecule has 2 aromatic rings. The van der Waals surface area contributed by atoms with Gasteiger partial charge in [-0.05, 0) is 29.8 Å². The average Bonchev–Trinajstić information content (AvgIpc) is 3.22. The zero-order chi connectivity index (χ0) is 18.8. The number of carbonyl (C=O) groups excluding carboxylic acids is 2. The topological polar surface area (TPSA) is 94.2 Å². The van der Waals surface area contributed by atoms with Gasteiger partial charge >= 0.3 is 0 Å². The molecule has 0 aliphatic carbocycles. The summed E-state index contributed by atoms with van der Waals surface area (Å²) in [6.45, 7) is 0.516. The van der Waals surface area contributed by atoms with Crippen LogP contribution in [0.25, 0.3) is 0 Å². The predicted molar refractivity (Wildman–Crippen MR) is 102 cm³/mol. The van der Waals surface area contributed by atoms with Crippen LogP contribution in [-0.4, -0.2) is 33.9 Å². The number of aliphatic imine (C=N–C) groups is 1. The summed E-state index contributed by atoms with van der Waals surface area (Å²) in [5.41, 5.74) is 6.92. The van der Waals surface area contributed by atoms with E-state index in [1.807, 2.05) is 48.5 Å². The van der Waals surface area contributed by atoms with Gasteiger partial charge in [-0.25, -0.2) is 4.99 Å². The molecular weight excluding hydrogens is 366 g/mol. The lowest BCUT2D eigenvalue weighted by Gasteiger charge is -2.17. The maximum Gasteiger partial charge on any atom is 0.242 e. The van der Waals surface area contributed by atoms with Crippen LogP contribution in [0.2, 0.25) is 0 Å². The summed E-state index contributed by atoms with van der Waals surface area (Å²) in [5.74, 6) is 0.656. The highest BCUT2D eigenvalue weighted by atomic mass is 32.2. The minimum absolute atomic E-state index is 0.0189. The fourth-order valence-electron chi connectivity index (χ4n) is 2.89. The zero-order valence-electron chi connectivity index (χ0n) is 14.3. The predicted octanol–water partition coefficient (Wildman–Crippen LogP) is 2.42. The van der Waals surface area contributed by atoms with Crippen molar-refractivity contribution < 1.29 is 19.1 Å². The van der Waals surface area contributed by atoms with Gasteiger partial charge in [0.15, 0.2) is 16.7 Å². The maximum absolute atomic E-state index is 12.8. The first-order valence-corrected chi connectivity index (χ1v) is 9.27. The fourth-order valence-corrected chi connectivity index (χ4v) is 4.06. The van der Waals surface area contributed by atoms with Crippen LogP contribution in [0.5, 0.6) is 11.5 Å². The van der Waals surface area contributed by atoms with Crippen molar-refractivity contribution >= 4 is 34.4 Å². The van der Waals surface area contributed by atoms with E-state index in [4.69, 9.17) is 15.2 Å². The van der Waals surface area contributed by atoms with Gasteiger partial charge in [0.05, 0.1) is 12.2 Å². The Morgan fingerprint density at radius 2 is 1.96 bits per heavy atom. The number of hydrogen-bond acceptors (Lipinski definition) is 6. The van der Waals surface area contributed by atoms with Crippen molar-refractivity contribution in [3.63, 3.8) is 0 Å². The van der Waals surface area contributed by atoms with E-state index >= 15 is 0 Å². The quantitative estimate of drug-likeness (QED) is 0.856. The normalized spacial score (nSPS) is 19.7. The van der Waals surface area contributed by atoms with Gasteiger partial charge in [-0.15, -0.1) is 0 Å². The number of nitrogens with zero attached hydrogens (tertiary/aromatic N) is 2. The minimum atomic E-state index is -0.557. The van der Waals surface area contributed by atoms with Gasteiger partial charge in [0.25, 0.3) is 0 Å². The molecule has 4 rings (SSSR count). The lowest BCUT2D eigenvalue weighted by molar-refractivity contribution is -0.128. The average molecular weight is 383 g/mol. The molecule has 0 spiro atoms. The molecule has 27 heavy (non-hydrogen) atoms. The lowest BCUT2D eigenvalue weighted by Crippen LogP contribution is -2.33. The molecule has 2 amide bonds. The lowest BCUT2D eigenvalue weighted by atomic mass is 10.2. The molecule has 1 saturated heterocycles. The van der Waals surface area contributed by atoms with Crippen molar-refractivity contribution in [1.82, 2.24) is 4.90 Å². The molecule has 2 aromatic carbocycles. The van der Waals surface area contributed by atoms with Crippen molar-refractivity contribution in [2.24, 2.45) is 10.7 Å². The fraction of sp³-hybridized carbons (Fsp3) is 0.211. The summed E-state index contributed by atoms with van der Waals surface area (Å²) in [7, 11) is 0. The minimum Gasteiger partial charge on any atom is -0.454 e. The number of primary amides is 1. The maximum atomic E-state index is 12.8. The molecule has 2 aliphatic rings. The molecule has 2 heterocycles. The number of hydrogen-bond donors (Lipinski definition) is 1. The molecule has 2 aliphatic heterocycles. The van der Waals surface area contributed by atoms with E-state index < -0.39 is 11.2 Å². The summed E-state index contributed by atoms with van der Waals surface area (Å²) in [5, 5.41) is -0.00547. The van der Waals surface area contributed by atoms with Gasteiger partial charge in [0, 0.05) is 6.42 Å². The van der Waals surface area contributed by atoms with E-state index in [9.17, 15) is 9.59 Å². The smallest absolute Gasteiger partial charge is 0.242 e. The number of fused-ring (bicyclic) bond motifs is 1. The molecule has 1 atom stereocenters. The monoisotopic (exact) mass is 383 g/mol. The van der Waals surface area contributed by atoms with Crippen molar-refractivity contribution in [2.45, 2.75) is 18.2 Å². The number of nitrogens with two attached hydrogens (primary N) is 1. The van der Waals surface area contributed by atoms with Gasteiger partial charge in [0.1, 0.15) is 5.25 Å².